The molecule has 2 aliphatic heterocycles. The molecule has 3 heterocycles. The fourth-order valence-corrected chi connectivity index (χ4v) is 7.19. The van der Waals surface area contributed by atoms with E-state index in [1.165, 1.54) is 31.0 Å². The highest BCUT2D eigenvalue weighted by Gasteiger charge is 2.28. The predicted octanol–water partition coefficient (Wildman–Crippen LogP) is 5.24. The number of piperidine rings is 1. The van der Waals surface area contributed by atoms with Gasteiger partial charge < -0.3 is 31.6 Å². The van der Waals surface area contributed by atoms with Crippen molar-refractivity contribution in [3.05, 3.63) is 89.0 Å². The molecule has 0 aliphatic carbocycles. The van der Waals surface area contributed by atoms with Crippen molar-refractivity contribution in [1.82, 2.24) is 15.2 Å². The molecule has 6 N–H and O–H groups in total. The number of nitrogens with one attached hydrogen (secondary N) is 2. The first-order chi connectivity index (χ1) is 21.8. The monoisotopic (exact) mass is 622 g/mol. The molecule has 0 radical (unpaired) electrons. The predicted molar refractivity (Wildman–Crippen MR) is 181 cm³/mol. The van der Waals surface area contributed by atoms with Crippen LogP contribution in [0.4, 0.5) is 5.69 Å². The molecule has 9 nitrogen and oxygen atoms in total. The lowest BCUT2D eigenvalue weighted by Gasteiger charge is -2.25. The molecule has 1 aromatic heterocycles. The van der Waals surface area contributed by atoms with Gasteiger partial charge in [0.25, 0.3) is 11.8 Å². The van der Waals surface area contributed by atoms with Gasteiger partial charge >= 0.3 is 0 Å². The summed E-state index contributed by atoms with van der Waals surface area (Å²) in [7, 11) is 0. The van der Waals surface area contributed by atoms with Gasteiger partial charge in [-0.1, -0.05) is 60.6 Å². The van der Waals surface area contributed by atoms with Gasteiger partial charge in [-0.15, -0.1) is 0 Å². The van der Waals surface area contributed by atoms with E-state index in [1.807, 2.05) is 78.0 Å². The second-order valence-corrected chi connectivity index (χ2v) is 12.6. The third-order valence-corrected chi connectivity index (χ3v) is 9.74. The number of thioether (sulfide) groups is 1. The number of amides is 3. The molecule has 10 heteroatoms. The van der Waals surface area contributed by atoms with E-state index in [9.17, 15) is 14.4 Å². The van der Waals surface area contributed by atoms with Gasteiger partial charge in [0.1, 0.15) is 0 Å². The largest absolute Gasteiger partial charge is 0.367 e. The van der Waals surface area contributed by atoms with Crippen LogP contribution in [0.5, 0.6) is 0 Å². The zero-order chi connectivity index (χ0) is 31.5. The van der Waals surface area contributed by atoms with Gasteiger partial charge in [-0.25, -0.2) is 0 Å². The second kappa shape index (κ2) is 13.2. The van der Waals surface area contributed by atoms with Gasteiger partial charge in [0, 0.05) is 48.0 Å². The van der Waals surface area contributed by atoms with E-state index in [-0.39, 0.29) is 5.91 Å². The molecule has 3 amide bonds. The van der Waals surface area contributed by atoms with Gasteiger partial charge in [0.15, 0.2) is 5.37 Å². The molecule has 1 atom stereocenters. The maximum atomic E-state index is 12.7. The smallest absolute Gasteiger partial charge is 0.251 e. The standard InChI is InChI=1S/C35H38N6O3S/c1-22-24(10-7-11-30(22)41-18-19-45-35(41)34(37)44)26-12-13-27(33(36)43)32-28(26)20-29(39-32)25-9-4-3-8-23(25)21-38-31(42)14-17-40-15-5-2-6-16-40/h3-4,7-13,18-20,35,39H,2,5-6,14-17,21H2,1H3,(H2,36,43)(H2,37,44)(H,38,42). The Morgan fingerprint density at radius 1 is 0.956 bits per heavy atom. The van der Waals surface area contributed by atoms with E-state index >= 15 is 0 Å². The summed E-state index contributed by atoms with van der Waals surface area (Å²) < 4.78 is 0. The highest BCUT2D eigenvalue weighted by molar-refractivity contribution is 8.03. The van der Waals surface area contributed by atoms with E-state index in [0.29, 0.717) is 24.0 Å². The Bertz CT molecular complexity index is 1790. The minimum absolute atomic E-state index is 0.0329. The van der Waals surface area contributed by atoms with E-state index in [0.717, 1.165) is 64.2 Å². The summed E-state index contributed by atoms with van der Waals surface area (Å²) >= 11 is 1.37. The third kappa shape index (κ3) is 6.34. The van der Waals surface area contributed by atoms with Crippen LogP contribution in [0.25, 0.3) is 33.3 Å². The van der Waals surface area contributed by atoms with Crippen LogP contribution in [0.15, 0.2) is 72.3 Å². The van der Waals surface area contributed by atoms with E-state index in [1.54, 1.807) is 6.07 Å². The molecule has 1 saturated heterocycles. The lowest BCUT2D eigenvalue weighted by molar-refractivity contribution is -0.121. The molecule has 1 unspecified atom stereocenters. The van der Waals surface area contributed by atoms with Crippen molar-refractivity contribution >= 4 is 46.1 Å². The van der Waals surface area contributed by atoms with Crippen LogP contribution < -0.4 is 21.7 Å². The number of primary amides is 2. The summed E-state index contributed by atoms with van der Waals surface area (Å²) in [6.45, 7) is 5.33. The first kappa shape index (κ1) is 30.5. The summed E-state index contributed by atoms with van der Waals surface area (Å²) in [6, 6.07) is 19.6. The maximum Gasteiger partial charge on any atom is 0.251 e. The zero-order valence-electron chi connectivity index (χ0n) is 25.3. The van der Waals surface area contributed by atoms with Crippen LogP contribution in [-0.2, 0) is 16.1 Å². The van der Waals surface area contributed by atoms with E-state index in [2.05, 4.69) is 15.2 Å². The normalized spacial score (nSPS) is 16.7. The quantitative estimate of drug-likeness (QED) is 0.191. The maximum absolute atomic E-state index is 12.7. The number of aromatic amines is 1. The molecular formula is C35H38N6O3S. The van der Waals surface area contributed by atoms with Crippen LogP contribution in [0.3, 0.4) is 0 Å². The van der Waals surface area contributed by atoms with Crippen molar-refractivity contribution in [2.45, 2.75) is 44.5 Å². The van der Waals surface area contributed by atoms with Crippen LogP contribution in [0.2, 0.25) is 0 Å². The number of anilines is 1. The molecule has 1 fully saturated rings. The van der Waals surface area contributed by atoms with Gasteiger partial charge in [0.2, 0.25) is 5.91 Å². The van der Waals surface area contributed by atoms with Gasteiger partial charge in [-0.2, -0.15) is 0 Å². The number of hydrogen-bond donors (Lipinski definition) is 4. The molecule has 3 aromatic carbocycles. The molecule has 0 spiro atoms. The summed E-state index contributed by atoms with van der Waals surface area (Å²) in [4.78, 5) is 45.1. The Kier molecular flexibility index (Phi) is 8.95. The molecule has 2 aliphatic rings. The van der Waals surface area contributed by atoms with E-state index < -0.39 is 17.2 Å². The number of benzene rings is 3. The number of fused-ring (bicyclic) bond motifs is 1. The average Bonchev–Trinajstić information content (AvgIpc) is 3.72. The Morgan fingerprint density at radius 2 is 1.73 bits per heavy atom. The first-order valence-electron chi connectivity index (χ1n) is 15.3. The summed E-state index contributed by atoms with van der Waals surface area (Å²) in [5.74, 6) is -0.899. The average molecular weight is 623 g/mol. The SMILES string of the molecule is Cc1c(-c2ccc(C(N)=O)c3[nH]c(-c4ccccc4CNC(=O)CCN4CCCCC4)cc23)cccc1N1C=CSC1C(N)=O. The number of H-pyrrole nitrogens is 1. The molecule has 6 rings (SSSR count). The Balaban J connectivity index is 1.32. The summed E-state index contributed by atoms with van der Waals surface area (Å²) in [6.07, 6.45) is 6.03. The number of rotatable bonds is 10. The Hall–Kier alpha value is -4.54. The van der Waals surface area contributed by atoms with Crippen molar-refractivity contribution < 1.29 is 14.4 Å². The minimum Gasteiger partial charge on any atom is -0.367 e. The summed E-state index contributed by atoms with van der Waals surface area (Å²) in [5, 5.41) is 5.30. The van der Waals surface area contributed by atoms with Crippen molar-refractivity contribution in [3.63, 3.8) is 0 Å². The van der Waals surface area contributed by atoms with Gasteiger partial charge in [-0.3, -0.25) is 14.4 Å². The molecule has 45 heavy (non-hydrogen) atoms. The second-order valence-electron chi connectivity index (χ2n) is 11.6. The molecule has 4 aromatic rings. The Labute approximate surface area is 267 Å². The fourth-order valence-electron chi connectivity index (χ4n) is 6.39. The van der Waals surface area contributed by atoms with Gasteiger partial charge in [-0.05, 0) is 78.7 Å². The number of nitrogens with zero attached hydrogens (tertiary/aromatic N) is 2. The molecule has 232 valence electrons. The van der Waals surface area contributed by atoms with Crippen LogP contribution in [0.1, 0.15) is 47.2 Å². The molecule has 0 saturated carbocycles. The number of carbonyl (C=O) groups excluding carboxylic acids is 3. The van der Waals surface area contributed by atoms with Crippen LogP contribution in [0, 0.1) is 6.92 Å². The lowest BCUT2D eigenvalue weighted by Crippen LogP contribution is -2.37. The van der Waals surface area contributed by atoms with Gasteiger partial charge in [0.05, 0.1) is 11.1 Å². The topological polar surface area (TPSA) is 138 Å². The summed E-state index contributed by atoms with van der Waals surface area (Å²) in [5.41, 5.74) is 19.0. The highest BCUT2D eigenvalue weighted by Crippen LogP contribution is 2.40. The number of nitrogens with two attached hydrogens (primary N) is 2. The third-order valence-electron chi connectivity index (χ3n) is 8.75. The molecular weight excluding hydrogens is 584 g/mol. The van der Waals surface area contributed by atoms with Crippen LogP contribution in [-0.4, -0.2) is 52.6 Å². The molecule has 0 bridgehead atoms. The Morgan fingerprint density at radius 3 is 2.51 bits per heavy atom. The number of likely N-dealkylation sites (tertiary alicyclic amines) is 1. The highest BCUT2D eigenvalue weighted by atomic mass is 32.2. The van der Waals surface area contributed by atoms with E-state index in [4.69, 9.17) is 11.5 Å². The lowest BCUT2D eigenvalue weighted by atomic mass is 9.94. The minimum atomic E-state index is -0.525. The first-order valence-corrected chi connectivity index (χ1v) is 16.3. The van der Waals surface area contributed by atoms with Crippen molar-refractivity contribution in [2.75, 3.05) is 24.5 Å². The number of carbonyl (C=O) groups is 3. The van der Waals surface area contributed by atoms with Crippen molar-refractivity contribution in [2.24, 2.45) is 11.5 Å². The van der Waals surface area contributed by atoms with Crippen LogP contribution >= 0.6 is 11.8 Å². The zero-order valence-corrected chi connectivity index (χ0v) is 26.2. The van der Waals surface area contributed by atoms with Crippen molar-refractivity contribution in [3.8, 4) is 22.4 Å². The fraction of sp³-hybridized carbons (Fsp3) is 0.286. The number of aromatic nitrogens is 1. The number of hydrogen-bond acceptors (Lipinski definition) is 6. The van der Waals surface area contributed by atoms with Crippen molar-refractivity contribution in [1.29, 1.82) is 0 Å².